The van der Waals surface area contributed by atoms with Crippen LogP contribution < -0.4 is 11.2 Å². The highest BCUT2D eigenvalue weighted by Gasteiger charge is 2.13. The standard InChI is InChI=1S/C18H13NO3/c1-10-9-15(20)22-14-8-7-13-17(16(10)14)11-5-3-4-6-12(11)18(21)19(13)2/h3-9H,1-2H3. The van der Waals surface area contributed by atoms with Crippen LogP contribution in [0.3, 0.4) is 0 Å². The van der Waals surface area contributed by atoms with Gasteiger partial charge in [-0.3, -0.25) is 4.79 Å². The molecule has 0 spiro atoms. The van der Waals surface area contributed by atoms with Crippen molar-refractivity contribution in [1.29, 1.82) is 0 Å². The molecule has 2 aromatic heterocycles. The molecule has 0 radical (unpaired) electrons. The van der Waals surface area contributed by atoms with E-state index in [2.05, 4.69) is 0 Å². The van der Waals surface area contributed by atoms with Crippen molar-refractivity contribution in [3.63, 3.8) is 0 Å². The fraction of sp³-hybridized carbons (Fsp3) is 0.111. The van der Waals surface area contributed by atoms with Crippen molar-refractivity contribution in [2.24, 2.45) is 7.05 Å². The second kappa shape index (κ2) is 4.31. The van der Waals surface area contributed by atoms with Gasteiger partial charge in [0.15, 0.2) is 0 Å². The van der Waals surface area contributed by atoms with Gasteiger partial charge in [-0.25, -0.2) is 4.79 Å². The van der Waals surface area contributed by atoms with Gasteiger partial charge in [0.1, 0.15) is 5.58 Å². The van der Waals surface area contributed by atoms with Crippen LogP contribution in [-0.2, 0) is 7.05 Å². The van der Waals surface area contributed by atoms with Crippen molar-refractivity contribution >= 4 is 32.6 Å². The number of benzene rings is 2. The van der Waals surface area contributed by atoms with Crippen LogP contribution in [0.5, 0.6) is 0 Å². The molecule has 0 fully saturated rings. The predicted octanol–water partition coefficient (Wildman–Crippen LogP) is 3.11. The largest absolute Gasteiger partial charge is 0.423 e. The lowest BCUT2D eigenvalue weighted by molar-refractivity contribution is 0.560. The Morgan fingerprint density at radius 3 is 2.45 bits per heavy atom. The summed E-state index contributed by atoms with van der Waals surface area (Å²) in [5, 5.41) is 3.36. The molecule has 0 saturated heterocycles. The number of nitrogens with zero attached hydrogens (tertiary/aromatic N) is 1. The molecule has 0 bridgehead atoms. The fourth-order valence-corrected chi connectivity index (χ4v) is 3.17. The van der Waals surface area contributed by atoms with E-state index >= 15 is 0 Å². The van der Waals surface area contributed by atoms with Gasteiger partial charge in [-0.15, -0.1) is 0 Å². The van der Waals surface area contributed by atoms with Crippen molar-refractivity contribution in [1.82, 2.24) is 4.57 Å². The summed E-state index contributed by atoms with van der Waals surface area (Å²) in [4.78, 5) is 24.1. The van der Waals surface area contributed by atoms with E-state index in [1.807, 2.05) is 37.3 Å². The molecule has 0 amide bonds. The summed E-state index contributed by atoms with van der Waals surface area (Å²) in [5.41, 5.74) is 1.83. The van der Waals surface area contributed by atoms with Gasteiger partial charge in [-0.1, -0.05) is 18.2 Å². The smallest absolute Gasteiger partial charge is 0.336 e. The molecule has 2 aromatic carbocycles. The van der Waals surface area contributed by atoms with E-state index in [4.69, 9.17) is 4.42 Å². The van der Waals surface area contributed by atoms with Gasteiger partial charge in [0.2, 0.25) is 0 Å². The van der Waals surface area contributed by atoms with Crippen LogP contribution >= 0.6 is 0 Å². The number of fused-ring (bicyclic) bond motifs is 5. The maximum Gasteiger partial charge on any atom is 0.336 e. The summed E-state index contributed by atoms with van der Waals surface area (Å²) in [6.45, 7) is 1.89. The molecule has 22 heavy (non-hydrogen) atoms. The molecule has 4 aromatic rings. The molecule has 0 unspecified atom stereocenters. The van der Waals surface area contributed by atoms with Gasteiger partial charge < -0.3 is 8.98 Å². The summed E-state index contributed by atoms with van der Waals surface area (Å²) >= 11 is 0. The quantitative estimate of drug-likeness (QED) is 0.369. The molecule has 2 heterocycles. The highest BCUT2D eigenvalue weighted by atomic mass is 16.4. The zero-order valence-electron chi connectivity index (χ0n) is 12.2. The van der Waals surface area contributed by atoms with Crippen molar-refractivity contribution in [3.8, 4) is 0 Å². The highest BCUT2D eigenvalue weighted by Crippen LogP contribution is 2.31. The van der Waals surface area contributed by atoms with Crippen LogP contribution in [0.15, 0.2) is 56.5 Å². The van der Waals surface area contributed by atoms with E-state index < -0.39 is 0 Å². The van der Waals surface area contributed by atoms with E-state index in [1.54, 1.807) is 17.7 Å². The van der Waals surface area contributed by atoms with Crippen LogP contribution in [0.4, 0.5) is 0 Å². The van der Waals surface area contributed by atoms with Gasteiger partial charge in [0, 0.05) is 29.3 Å². The number of pyridine rings is 1. The third-order valence-corrected chi connectivity index (χ3v) is 4.18. The average molecular weight is 291 g/mol. The van der Waals surface area contributed by atoms with Gasteiger partial charge in [0.05, 0.1) is 5.52 Å². The van der Waals surface area contributed by atoms with Gasteiger partial charge >= 0.3 is 5.63 Å². The second-order valence-corrected chi connectivity index (χ2v) is 5.49. The monoisotopic (exact) mass is 291 g/mol. The second-order valence-electron chi connectivity index (χ2n) is 5.49. The number of hydrogen-bond donors (Lipinski definition) is 0. The topological polar surface area (TPSA) is 52.2 Å². The summed E-state index contributed by atoms with van der Waals surface area (Å²) in [6, 6.07) is 12.6. The van der Waals surface area contributed by atoms with Crippen LogP contribution in [0.2, 0.25) is 0 Å². The van der Waals surface area contributed by atoms with E-state index in [9.17, 15) is 9.59 Å². The summed E-state index contributed by atoms with van der Waals surface area (Å²) in [5.74, 6) is 0. The molecule has 0 saturated carbocycles. The third-order valence-electron chi connectivity index (χ3n) is 4.18. The highest BCUT2D eigenvalue weighted by molar-refractivity contribution is 6.18. The van der Waals surface area contributed by atoms with Gasteiger partial charge in [-0.05, 0) is 36.1 Å². The molecule has 0 atom stereocenters. The predicted molar refractivity (Wildman–Crippen MR) is 87.5 cm³/mol. The van der Waals surface area contributed by atoms with Crippen LogP contribution in [0.1, 0.15) is 5.56 Å². The zero-order valence-corrected chi connectivity index (χ0v) is 12.2. The molecular formula is C18H13NO3. The first-order valence-electron chi connectivity index (χ1n) is 7.03. The summed E-state index contributed by atoms with van der Waals surface area (Å²) in [6.07, 6.45) is 0. The number of aromatic nitrogens is 1. The van der Waals surface area contributed by atoms with Crippen LogP contribution in [-0.4, -0.2) is 4.57 Å². The van der Waals surface area contributed by atoms with Gasteiger partial charge in [0.25, 0.3) is 5.56 Å². The number of hydrogen-bond acceptors (Lipinski definition) is 3. The molecule has 0 aliphatic rings. The van der Waals surface area contributed by atoms with Gasteiger partial charge in [-0.2, -0.15) is 0 Å². The minimum absolute atomic E-state index is 0.0301. The van der Waals surface area contributed by atoms with Crippen molar-refractivity contribution < 1.29 is 4.42 Å². The Hall–Kier alpha value is -2.88. The maximum absolute atomic E-state index is 12.5. The number of aryl methyl sites for hydroxylation is 2. The zero-order chi connectivity index (χ0) is 15.4. The SMILES string of the molecule is Cc1cc(=O)oc2ccc3c(c4ccccc4c(=O)n3C)c12. The Morgan fingerprint density at radius 2 is 1.68 bits per heavy atom. The minimum atomic E-state index is -0.363. The molecule has 0 N–H and O–H groups in total. The fourth-order valence-electron chi connectivity index (χ4n) is 3.17. The molecule has 0 aliphatic carbocycles. The van der Waals surface area contributed by atoms with Crippen molar-refractivity contribution in [2.75, 3.05) is 0 Å². The Morgan fingerprint density at radius 1 is 0.955 bits per heavy atom. The Balaban J connectivity index is 2.47. The maximum atomic E-state index is 12.5. The average Bonchev–Trinajstić information content (AvgIpc) is 2.51. The minimum Gasteiger partial charge on any atom is -0.423 e. The molecule has 4 heteroatoms. The van der Waals surface area contributed by atoms with Crippen molar-refractivity contribution in [3.05, 3.63) is 68.8 Å². The first-order chi connectivity index (χ1) is 10.6. The van der Waals surface area contributed by atoms with E-state index in [-0.39, 0.29) is 11.2 Å². The van der Waals surface area contributed by atoms with Crippen LogP contribution in [0, 0.1) is 6.92 Å². The lowest BCUT2D eigenvalue weighted by Crippen LogP contribution is -2.17. The normalized spacial score (nSPS) is 11.5. The lowest BCUT2D eigenvalue weighted by atomic mass is 10.00. The molecule has 4 nitrogen and oxygen atoms in total. The van der Waals surface area contributed by atoms with Crippen LogP contribution in [0.25, 0.3) is 32.6 Å². The molecule has 4 rings (SSSR count). The molecular weight excluding hydrogens is 278 g/mol. The van der Waals surface area contributed by atoms with E-state index in [0.29, 0.717) is 11.0 Å². The Bertz CT molecular complexity index is 1180. The lowest BCUT2D eigenvalue weighted by Gasteiger charge is -2.12. The first-order valence-corrected chi connectivity index (χ1v) is 7.03. The summed E-state index contributed by atoms with van der Waals surface area (Å²) in [7, 11) is 1.76. The van der Waals surface area contributed by atoms with Crippen molar-refractivity contribution in [2.45, 2.75) is 6.92 Å². The Kier molecular flexibility index (Phi) is 2.51. The number of rotatable bonds is 0. The van der Waals surface area contributed by atoms with E-state index in [1.165, 1.54) is 6.07 Å². The first kappa shape index (κ1) is 12.8. The molecule has 0 aliphatic heterocycles. The summed E-state index contributed by atoms with van der Waals surface area (Å²) < 4.78 is 6.97. The third kappa shape index (κ3) is 1.58. The molecule has 108 valence electrons. The Labute approximate surface area is 125 Å². The van der Waals surface area contributed by atoms with E-state index in [0.717, 1.165) is 27.2 Å².